The first-order valence-corrected chi connectivity index (χ1v) is 8.47. The number of rotatable bonds is 3. The normalized spacial score (nSPS) is 37.0. The van der Waals surface area contributed by atoms with Gasteiger partial charge < -0.3 is 9.72 Å². The topological polar surface area (TPSA) is 42.1 Å². The number of ether oxygens (including phenoxy) is 1. The molecule has 21 heavy (non-hydrogen) atoms. The number of esters is 1. The lowest BCUT2D eigenvalue weighted by molar-refractivity contribution is -0.00541. The van der Waals surface area contributed by atoms with Crippen LogP contribution in [0.5, 0.6) is 0 Å². The molecular formula is C18H25NO2. The molecular weight excluding hydrogens is 262 g/mol. The first-order chi connectivity index (χ1) is 10.1. The third kappa shape index (κ3) is 2.04. The summed E-state index contributed by atoms with van der Waals surface area (Å²) >= 11 is 0. The Morgan fingerprint density at radius 3 is 2.33 bits per heavy atom. The van der Waals surface area contributed by atoms with Crippen molar-refractivity contribution in [3.8, 4) is 0 Å². The molecule has 0 spiro atoms. The van der Waals surface area contributed by atoms with Gasteiger partial charge in [-0.15, -0.1) is 0 Å². The van der Waals surface area contributed by atoms with E-state index in [1.807, 2.05) is 6.92 Å². The monoisotopic (exact) mass is 287 g/mol. The van der Waals surface area contributed by atoms with Gasteiger partial charge in [-0.25, -0.2) is 4.79 Å². The Kier molecular flexibility index (Phi) is 2.95. The van der Waals surface area contributed by atoms with Gasteiger partial charge in [-0.1, -0.05) is 0 Å². The molecule has 0 aliphatic heterocycles. The zero-order chi connectivity index (χ0) is 14.6. The summed E-state index contributed by atoms with van der Waals surface area (Å²) in [5, 5.41) is 0. The van der Waals surface area contributed by atoms with Crippen molar-refractivity contribution in [2.75, 3.05) is 6.61 Å². The highest BCUT2D eigenvalue weighted by Gasteiger charge is 2.52. The largest absolute Gasteiger partial charge is 0.461 e. The van der Waals surface area contributed by atoms with E-state index in [-0.39, 0.29) is 5.97 Å². The number of aromatic amines is 1. The predicted molar refractivity (Wildman–Crippen MR) is 81.3 cm³/mol. The fourth-order valence-electron chi connectivity index (χ4n) is 5.87. The van der Waals surface area contributed by atoms with Gasteiger partial charge in [0.1, 0.15) is 5.69 Å². The van der Waals surface area contributed by atoms with Crippen LogP contribution in [0.4, 0.5) is 0 Å². The number of hydrogen-bond donors (Lipinski definition) is 1. The number of aryl methyl sites for hydroxylation is 1. The van der Waals surface area contributed by atoms with E-state index >= 15 is 0 Å². The van der Waals surface area contributed by atoms with Gasteiger partial charge in [-0.2, -0.15) is 0 Å². The molecule has 3 nitrogen and oxygen atoms in total. The minimum Gasteiger partial charge on any atom is -0.461 e. The summed E-state index contributed by atoms with van der Waals surface area (Å²) in [6, 6.07) is 2.10. The Labute approximate surface area is 126 Å². The SMILES string of the molecule is CCOC(=O)c1cc(C23CC4CC(CC(C4)C2)C3)c(C)[nH]1. The maximum atomic E-state index is 12.0. The molecule has 0 radical (unpaired) electrons. The number of carbonyl (C=O) groups is 1. The van der Waals surface area contributed by atoms with E-state index in [4.69, 9.17) is 4.74 Å². The number of H-pyrrole nitrogens is 1. The Balaban J connectivity index is 1.68. The fraction of sp³-hybridized carbons (Fsp3) is 0.722. The quantitative estimate of drug-likeness (QED) is 0.855. The molecule has 5 rings (SSSR count). The van der Waals surface area contributed by atoms with Gasteiger partial charge in [-0.3, -0.25) is 0 Å². The number of carbonyl (C=O) groups excluding carboxylic acids is 1. The van der Waals surface area contributed by atoms with Crippen LogP contribution in [0.25, 0.3) is 0 Å². The van der Waals surface area contributed by atoms with Gasteiger partial charge >= 0.3 is 5.97 Å². The Bertz CT molecular complexity index is 536. The van der Waals surface area contributed by atoms with E-state index in [2.05, 4.69) is 18.0 Å². The third-order valence-electron chi connectivity index (χ3n) is 6.12. The average Bonchev–Trinajstić information content (AvgIpc) is 2.80. The van der Waals surface area contributed by atoms with Crippen LogP contribution in [-0.2, 0) is 10.2 Å². The average molecular weight is 287 g/mol. The standard InChI is InChI=1S/C18H25NO2/c1-3-21-17(20)16-7-15(11(2)19-16)18-8-12-4-13(9-18)6-14(5-12)10-18/h7,12-14,19H,3-6,8-10H2,1-2H3. The molecule has 4 aliphatic carbocycles. The maximum absolute atomic E-state index is 12.0. The molecule has 4 fully saturated rings. The van der Waals surface area contributed by atoms with E-state index < -0.39 is 0 Å². The van der Waals surface area contributed by atoms with Crippen molar-refractivity contribution in [3.05, 3.63) is 23.0 Å². The lowest BCUT2D eigenvalue weighted by Crippen LogP contribution is -2.48. The molecule has 4 bridgehead atoms. The molecule has 0 atom stereocenters. The first kappa shape index (κ1) is 13.4. The van der Waals surface area contributed by atoms with Crippen LogP contribution in [0.3, 0.4) is 0 Å². The summed E-state index contributed by atoms with van der Waals surface area (Å²) in [5.74, 6) is 2.57. The lowest BCUT2D eigenvalue weighted by atomic mass is 9.48. The molecule has 0 saturated heterocycles. The predicted octanol–water partition coefficient (Wildman–Crippen LogP) is 3.97. The molecule has 1 heterocycles. The number of hydrogen-bond acceptors (Lipinski definition) is 2. The summed E-state index contributed by atoms with van der Waals surface area (Å²) in [4.78, 5) is 15.3. The van der Waals surface area contributed by atoms with Crippen LogP contribution >= 0.6 is 0 Å². The van der Waals surface area contributed by atoms with Gasteiger partial charge in [0.2, 0.25) is 0 Å². The van der Waals surface area contributed by atoms with E-state index in [1.165, 1.54) is 49.8 Å². The minimum absolute atomic E-state index is 0.212. The van der Waals surface area contributed by atoms with Crippen molar-refractivity contribution in [2.45, 2.75) is 57.8 Å². The second-order valence-corrected chi connectivity index (χ2v) is 7.64. The van der Waals surface area contributed by atoms with Crippen LogP contribution in [-0.4, -0.2) is 17.6 Å². The Morgan fingerprint density at radius 1 is 1.24 bits per heavy atom. The maximum Gasteiger partial charge on any atom is 0.354 e. The van der Waals surface area contributed by atoms with E-state index in [0.717, 1.165) is 17.8 Å². The molecule has 4 aliphatic rings. The molecule has 1 aromatic heterocycles. The van der Waals surface area contributed by atoms with E-state index in [0.29, 0.717) is 17.7 Å². The van der Waals surface area contributed by atoms with Crippen molar-refractivity contribution >= 4 is 5.97 Å². The van der Waals surface area contributed by atoms with Crippen LogP contribution in [0.2, 0.25) is 0 Å². The molecule has 0 aromatic carbocycles. The second-order valence-electron chi connectivity index (χ2n) is 7.64. The molecule has 0 amide bonds. The summed E-state index contributed by atoms with van der Waals surface area (Å²) in [7, 11) is 0. The Morgan fingerprint density at radius 2 is 1.81 bits per heavy atom. The molecule has 1 N–H and O–H groups in total. The van der Waals surface area contributed by atoms with Gasteiger partial charge in [-0.05, 0) is 87.2 Å². The van der Waals surface area contributed by atoms with Gasteiger partial charge in [0, 0.05) is 5.69 Å². The summed E-state index contributed by atoms with van der Waals surface area (Å²) < 4.78 is 5.14. The molecule has 1 aromatic rings. The van der Waals surface area contributed by atoms with Crippen molar-refractivity contribution in [2.24, 2.45) is 17.8 Å². The van der Waals surface area contributed by atoms with Gasteiger partial charge in [0.15, 0.2) is 0 Å². The van der Waals surface area contributed by atoms with Crippen LogP contribution in [0.1, 0.15) is 67.2 Å². The minimum atomic E-state index is -0.212. The van der Waals surface area contributed by atoms with Crippen LogP contribution in [0, 0.1) is 24.7 Å². The number of aromatic nitrogens is 1. The second kappa shape index (κ2) is 4.62. The summed E-state index contributed by atoms with van der Waals surface area (Å²) in [6.07, 6.45) is 8.36. The van der Waals surface area contributed by atoms with Crippen molar-refractivity contribution in [1.82, 2.24) is 4.98 Å². The highest BCUT2D eigenvalue weighted by molar-refractivity contribution is 5.88. The molecule has 3 heteroatoms. The first-order valence-electron chi connectivity index (χ1n) is 8.47. The van der Waals surface area contributed by atoms with Crippen molar-refractivity contribution < 1.29 is 9.53 Å². The van der Waals surface area contributed by atoms with E-state index in [9.17, 15) is 4.79 Å². The third-order valence-corrected chi connectivity index (χ3v) is 6.12. The van der Waals surface area contributed by atoms with Gasteiger partial charge in [0.05, 0.1) is 6.61 Å². The lowest BCUT2D eigenvalue weighted by Gasteiger charge is -2.57. The highest BCUT2D eigenvalue weighted by Crippen LogP contribution is 2.61. The molecule has 114 valence electrons. The zero-order valence-corrected chi connectivity index (χ0v) is 13.1. The molecule has 0 unspecified atom stereocenters. The van der Waals surface area contributed by atoms with E-state index in [1.54, 1.807) is 0 Å². The van der Waals surface area contributed by atoms with Gasteiger partial charge in [0.25, 0.3) is 0 Å². The smallest absolute Gasteiger partial charge is 0.354 e. The Hall–Kier alpha value is -1.25. The fourth-order valence-corrected chi connectivity index (χ4v) is 5.87. The molecule has 4 saturated carbocycles. The zero-order valence-electron chi connectivity index (χ0n) is 13.1. The summed E-state index contributed by atoms with van der Waals surface area (Å²) in [5.41, 5.74) is 3.57. The van der Waals surface area contributed by atoms with Crippen LogP contribution in [0.15, 0.2) is 6.07 Å². The van der Waals surface area contributed by atoms with Crippen molar-refractivity contribution in [3.63, 3.8) is 0 Å². The van der Waals surface area contributed by atoms with Crippen LogP contribution < -0.4 is 0 Å². The highest BCUT2D eigenvalue weighted by atomic mass is 16.5. The number of nitrogens with one attached hydrogen (secondary N) is 1. The summed E-state index contributed by atoms with van der Waals surface area (Å²) in [6.45, 7) is 4.41. The van der Waals surface area contributed by atoms with Crippen molar-refractivity contribution in [1.29, 1.82) is 0 Å².